The van der Waals surface area contributed by atoms with Crippen molar-refractivity contribution in [2.24, 2.45) is 0 Å². The van der Waals surface area contributed by atoms with E-state index >= 15 is 0 Å². The lowest BCUT2D eigenvalue weighted by molar-refractivity contribution is -0.115. The Hall–Kier alpha value is -3.06. The second kappa shape index (κ2) is 7.28. The predicted molar refractivity (Wildman–Crippen MR) is 102 cm³/mol. The maximum atomic E-state index is 12.3. The molecule has 6 nitrogen and oxygen atoms in total. The molecule has 0 aromatic heterocycles. The Morgan fingerprint density at radius 1 is 1.07 bits per heavy atom. The van der Waals surface area contributed by atoms with Gasteiger partial charge in [-0.2, -0.15) is 0 Å². The topological polar surface area (TPSA) is 75.7 Å². The zero-order valence-corrected chi connectivity index (χ0v) is 15.1. The molecule has 2 aromatic rings. The van der Waals surface area contributed by atoms with E-state index in [2.05, 4.69) is 5.32 Å². The molecule has 2 aliphatic heterocycles. The van der Waals surface area contributed by atoms with Crippen LogP contribution in [-0.2, 0) is 11.3 Å². The number of rotatable bonds is 5. The average molecular weight is 380 g/mol. The number of thioether (sulfide) groups is 1. The molecule has 1 fully saturated rings. The maximum Gasteiger partial charge on any atom is 0.290 e. The summed E-state index contributed by atoms with van der Waals surface area (Å²) in [5.41, 5.74) is 2.62. The zero-order valence-electron chi connectivity index (χ0n) is 14.3. The highest BCUT2D eigenvalue weighted by molar-refractivity contribution is 8.18. The first-order chi connectivity index (χ1) is 13.1. The van der Waals surface area contributed by atoms with Crippen LogP contribution in [0.15, 0.2) is 53.4 Å². The number of amides is 3. The van der Waals surface area contributed by atoms with Crippen LogP contribution in [0.4, 0.5) is 4.79 Å². The summed E-state index contributed by atoms with van der Waals surface area (Å²) in [6.45, 7) is 1.52. The predicted octanol–water partition coefficient (Wildman–Crippen LogP) is 3.05. The number of carbonyl (C=O) groups excluding carboxylic acids is 3. The number of hydrogen-bond acceptors (Lipinski definition) is 5. The van der Waals surface area contributed by atoms with E-state index in [1.807, 2.05) is 36.4 Å². The largest absolute Gasteiger partial charge is 0.492 e. The molecule has 2 aromatic carbocycles. The molecule has 136 valence electrons. The van der Waals surface area contributed by atoms with Crippen LogP contribution in [0.3, 0.4) is 0 Å². The van der Waals surface area contributed by atoms with Gasteiger partial charge in [0, 0.05) is 12.1 Å². The highest BCUT2D eigenvalue weighted by atomic mass is 32.2. The summed E-state index contributed by atoms with van der Waals surface area (Å²) in [5.74, 6) is 0.348. The molecule has 0 spiro atoms. The first-order valence-electron chi connectivity index (χ1n) is 8.45. The average Bonchev–Trinajstić information content (AvgIpc) is 3.15. The molecule has 0 atom stereocenters. The SMILES string of the molecule is O=C1NC(=O)/C(=C/c2ccc(OCCN3Cc4ccccc4C3=O)cc2)S1. The monoisotopic (exact) mass is 380 g/mol. The minimum atomic E-state index is -0.374. The summed E-state index contributed by atoms with van der Waals surface area (Å²) in [6.07, 6.45) is 1.66. The molecule has 4 rings (SSSR count). The highest BCUT2D eigenvalue weighted by Crippen LogP contribution is 2.26. The molecule has 0 bridgehead atoms. The van der Waals surface area contributed by atoms with E-state index in [1.54, 1.807) is 23.1 Å². The van der Waals surface area contributed by atoms with Crippen molar-refractivity contribution >= 4 is 34.9 Å². The van der Waals surface area contributed by atoms with Crippen molar-refractivity contribution in [1.82, 2.24) is 10.2 Å². The van der Waals surface area contributed by atoms with Crippen molar-refractivity contribution in [3.8, 4) is 5.75 Å². The Balaban J connectivity index is 1.31. The molecular formula is C20H16N2O4S. The van der Waals surface area contributed by atoms with Gasteiger partial charge in [0.1, 0.15) is 12.4 Å². The normalized spacial score (nSPS) is 17.4. The maximum absolute atomic E-state index is 12.3. The van der Waals surface area contributed by atoms with Crippen LogP contribution in [-0.4, -0.2) is 35.1 Å². The van der Waals surface area contributed by atoms with Crippen molar-refractivity contribution in [1.29, 1.82) is 0 Å². The van der Waals surface area contributed by atoms with Gasteiger partial charge in [-0.25, -0.2) is 0 Å². The van der Waals surface area contributed by atoms with Gasteiger partial charge in [-0.15, -0.1) is 0 Å². The second-order valence-corrected chi connectivity index (χ2v) is 7.17. The smallest absolute Gasteiger partial charge is 0.290 e. The minimum absolute atomic E-state index is 0.0399. The van der Waals surface area contributed by atoms with Crippen LogP contribution in [0.5, 0.6) is 5.75 Å². The van der Waals surface area contributed by atoms with Crippen LogP contribution in [0.1, 0.15) is 21.5 Å². The molecule has 1 N–H and O–H groups in total. The van der Waals surface area contributed by atoms with E-state index in [1.165, 1.54) is 0 Å². The molecule has 7 heteroatoms. The Morgan fingerprint density at radius 2 is 1.85 bits per heavy atom. The number of imide groups is 1. The van der Waals surface area contributed by atoms with Crippen LogP contribution in [0.25, 0.3) is 6.08 Å². The quantitative estimate of drug-likeness (QED) is 0.807. The van der Waals surface area contributed by atoms with Gasteiger partial charge in [-0.3, -0.25) is 19.7 Å². The summed E-state index contributed by atoms with van der Waals surface area (Å²) in [5, 5.41) is 1.87. The third kappa shape index (κ3) is 3.73. The van der Waals surface area contributed by atoms with Crippen LogP contribution >= 0.6 is 11.8 Å². The third-order valence-electron chi connectivity index (χ3n) is 4.35. The number of ether oxygens (including phenoxy) is 1. The third-order valence-corrected chi connectivity index (χ3v) is 5.16. The van der Waals surface area contributed by atoms with Crippen molar-refractivity contribution in [2.75, 3.05) is 13.2 Å². The number of benzene rings is 2. The van der Waals surface area contributed by atoms with Crippen LogP contribution in [0, 0.1) is 0 Å². The standard InChI is InChI=1S/C20H16N2O4S/c23-18-17(27-20(25)21-18)11-13-5-7-15(8-6-13)26-10-9-22-12-14-3-1-2-4-16(14)19(22)24/h1-8,11H,9-10,12H2,(H,21,23,25)/b17-11-. The zero-order chi connectivity index (χ0) is 18.8. The minimum Gasteiger partial charge on any atom is -0.492 e. The molecule has 2 aliphatic rings. The van der Waals surface area contributed by atoms with E-state index in [0.29, 0.717) is 30.4 Å². The van der Waals surface area contributed by atoms with Gasteiger partial charge >= 0.3 is 0 Å². The number of carbonyl (C=O) groups is 3. The van der Waals surface area contributed by atoms with Gasteiger partial charge in [0.05, 0.1) is 11.4 Å². The Labute approximate surface area is 160 Å². The van der Waals surface area contributed by atoms with Gasteiger partial charge in [-0.05, 0) is 47.2 Å². The van der Waals surface area contributed by atoms with E-state index < -0.39 is 0 Å². The lowest BCUT2D eigenvalue weighted by Crippen LogP contribution is -2.28. The van der Waals surface area contributed by atoms with Crippen LogP contribution in [0.2, 0.25) is 0 Å². The van der Waals surface area contributed by atoms with Gasteiger partial charge in [0.15, 0.2) is 0 Å². The Bertz CT molecular complexity index is 953. The first kappa shape index (κ1) is 17.4. The van der Waals surface area contributed by atoms with E-state index in [9.17, 15) is 14.4 Å². The fraction of sp³-hybridized carbons (Fsp3) is 0.150. The van der Waals surface area contributed by atoms with E-state index in [0.717, 1.165) is 28.5 Å². The molecule has 0 radical (unpaired) electrons. The molecule has 0 aliphatic carbocycles. The van der Waals surface area contributed by atoms with Crippen molar-refractivity contribution in [2.45, 2.75) is 6.54 Å². The summed E-state index contributed by atoms with van der Waals surface area (Å²) in [7, 11) is 0. The summed E-state index contributed by atoms with van der Waals surface area (Å²) < 4.78 is 5.73. The van der Waals surface area contributed by atoms with E-state index in [-0.39, 0.29) is 17.1 Å². The number of nitrogens with one attached hydrogen (secondary N) is 1. The fourth-order valence-electron chi connectivity index (χ4n) is 3.00. The molecule has 0 unspecified atom stereocenters. The Morgan fingerprint density at radius 3 is 2.56 bits per heavy atom. The molecule has 1 saturated heterocycles. The molecule has 3 amide bonds. The number of hydrogen-bond donors (Lipinski definition) is 1. The lowest BCUT2D eigenvalue weighted by Gasteiger charge is -2.16. The second-order valence-electron chi connectivity index (χ2n) is 6.15. The molecule has 27 heavy (non-hydrogen) atoms. The van der Waals surface area contributed by atoms with Gasteiger partial charge in [0.2, 0.25) is 0 Å². The number of fused-ring (bicyclic) bond motifs is 1. The first-order valence-corrected chi connectivity index (χ1v) is 9.27. The molecule has 2 heterocycles. The van der Waals surface area contributed by atoms with Gasteiger partial charge < -0.3 is 9.64 Å². The van der Waals surface area contributed by atoms with Crippen molar-refractivity contribution in [3.63, 3.8) is 0 Å². The van der Waals surface area contributed by atoms with Gasteiger partial charge in [-0.1, -0.05) is 30.3 Å². The van der Waals surface area contributed by atoms with Crippen LogP contribution < -0.4 is 10.1 Å². The van der Waals surface area contributed by atoms with E-state index in [4.69, 9.17) is 4.74 Å². The number of nitrogens with zero attached hydrogens (tertiary/aromatic N) is 1. The van der Waals surface area contributed by atoms with Gasteiger partial charge in [0.25, 0.3) is 17.1 Å². The Kier molecular flexibility index (Phi) is 4.68. The summed E-state index contributed by atoms with van der Waals surface area (Å²) in [6, 6.07) is 14.9. The highest BCUT2D eigenvalue weighted by Gasteiger charge is 2.26. The van der Waals surface area contributed by atoms with Crippen molar-refractivity contribution in [3.05, 3.63) is 70.1 Å². The fourth-order valence-corrected chi connectivity index (χ4v) is 3.68. The summed E-state index contributed by atoms with van der Waals surface area (Å²) in [4.78, 5) is 37.2. The summed E-state index contributed by atoms with van der Waals surface area (Å²) >= 11 is 0.889. The lowest BCUT2D eigenvalue weighted by atomic mass is 10.1. The van der Waals surface area contributed by atoms with Crippen molar-refractivity contribution < 1.29 is 19.1 Å². The molecular weight excluding hydrogens is 364 g/mol. The molecule has 0 saturated carbocycles.